The van der Waals surface area contributed by atoms with Crippen LogP contribution in [-0.4, -0.2) is 40.1 Å². The van der Waals surface area contributed by atoms with Crippen molar-refractivity contribution in [2.24, 2.45) is 12.1 Å². The number of anilines is 1. The van der Waals surface area contributed by atoms with Gasteiger partial charge in [0.1, 0.15) is 11.4 Å². The van der Waals surface area contributed by atoms with Crippen LogP contribution in [0.2, 0.25) is 5.02 Å². The molecule has 0 spiro atoms. The third-order valence-corrected chi connectivity index (χ3v) is 3.90. The number of phenols is 1. The van der Waals surface area contributed by atoms with Gasteiger partial charge >= 0.3 is 0 Å². The molecule has 1 amide bonds. The minimum atomic E-state index is -0.476. The topological polar surface area (TPSA) is 82.8 Å². The molecular weight excluding hydrogens is 330 g/mol. The molecule has 0 radical (unpaired) electrons. The fourth-order valence-corrected chi connectivity index (χ4v) is 2.56. The minimum Gasteiger partial charge on any atom is -0.507 e. The molecule has 0 saturated carbocycles. The first-order chi connectivity index (χ1) is 11.5. The van der Waals surface area contributed by atoms with Gasteiger partial charge in [0.05, 0.1) is 17.4 Å². The number of halogens is 1. The normalized spacial score (nSPS) is 11.0. The lowest BCUT2D eigenvalue weighted by Crippen LogP contribution is -2.22. The summed E-state index contributed by atoms with van der Waals surface area (Å²) in [6, 6.07) is 5.32. The Labute approximate surface area is 145 Å². The molecule has 8 heteroatoms. The van der Waals surface area contributed by atoms with Crippen molar-refractivity contribution in [2.75, 3.05) is 18.0 Å². The van der Waals surface area contributed by atoms with E-state index < -0.39 is 5.91 Å². The number of aryl methyl sites for hydroxylation is 1. The third kappa shape index (κ3) is 3.86. The van der Waals surface area contributed by atoms with E-state index in [9.17, 15) is 9.90 Å². The van der Waals surface area contributed by atoms with Crippen molar-refractivity contribution in [3.8, 4) is 5.75 Å². The monoisotopic (exact) mass is 349 g/mol. The highest BCUT2D eigenvalue weighted by atomic mass is 35.5. The lowest BCUT2D eigenvalue weighted by molar-refractivity contribution is 0.0946. The maximum absolute atomic E-state index is 12.0. The summed E-state index contributed by atoms with van der Waals surface area (Å²) in [5.41, 5.74) is 4.02. The first-order valence-corrected chi connectivity index (χ1v) is 7.94. The van der Waals surface area contributed by atoms with Crippen molar-refractivity contribution < 1.29 is 9.90 Å². The van der Waals surface area contributed by atoms with E-state index in [1.807, 2.05) is 6.07 Å². The van der Waals surface area contributed by atoms with E-state index in [0.717, 1.165) is 18.8 Å². The summed E-state index contributed by atoms with van der Waals surface area (Å²) in [5.74, 6) is -0.383. The summed E-state index contributed by atoms with van der Waals surface area (Å²) < 4.78 is 1.36. The van der Waals surface area contributed by atoms with Gasteiger partial charge in [0.2, 0.25) is 0 Å². The van der Waals surface area contributed by atoms with Crippen molar-refractivity contribution in [3.63, 3.8) is 0 Å². The van der Waals surface area contributed by atoms with E-state index in [4.69, 9.17) is 11.6 Å². The standard InChI is InChI=1S/C16H20ClN5O2/c1-4-22(5-2)12-7-6-11(14(23)8-12)9-18-20-16(24)15-13(17)10-19-21(15)3/h6-10,23H,4-5H2,1-3H3,(H,20,24)/b18-9-. The molecular formula is C16H20ClN5O2. The van der Waals surface area contributed by atoms with Crippen LogP contribution in [-0.2, 0) is 7.05 Å². The van der Waals surface area contributed by atoms with Gasteiger partial charge in [-0.1, -0.05) is 11.6 Å². The van der Waals surface area contributed by atoms with Gasteiger partial charge in [-0.2, -0.15) is 10.2 Å². The molecule has 0 aliphatic rings. The highest BCUT2D eigenvalue weighted by Crippen LogP contribution is 2.23. The molecule has 0 bridgehead atoms. The van der Waals surface area contributed by atoms with Crippen LogP contribution in [0.25, 0.3) is 0 Å². The van der Waals surface area contributed by atoms with Gasteiger partial charge in [-0.3, -0.25) is 9.48 Å². The van der Waals surface area contributed by atoms with Gasteiger partial charge in [0.15, 0.2) is 0 Å². The Morgan fingerprint density at radius 1 is 1.46 bits per heavy atom. The Morgan fingerprint density at radius 2 is 2.17 bits per heavy atom. The van der Waals surface area contributed by atoms with Gasteiger partial charge < -0.3 is 10.0 Å². The highest BCUT2D eigenvalue weighted by Gasteiger charge is 2.14. The van der Waals surface area contributed by atoms with Gasteiger partial charge in [-0.25, -0.2) is 5.43 Å². The fourth-order valence-electron chi connectivity index (χ4n) is 2.31. The van der Waals surface area contributed by atoms with Crippen LogP contribution in [0.4, 0.5) is 5.69 Å². The smallest absolute Gasteiger partial charge is 0.291 e. The molecule has 0 fully saturated rings. The average molecular weight is 350 g/mol. The van der Waals surface area contributed by atoms with Crippen LogP contribution in [0.5, 0.6) is 5.75 Å². The molecule has 128 valence electrons. The number of rotatable bonds is 6. The first kappa shape index (κ1) is 17.8. The molecule has 0 aliphatic carbocycles. The SMILES string of the molecule is CCN(CC)c1ccc(/C=N\NC(=O)c2c(Cl)cnn2C)c(O)c1. The van der Waals surface area contributed by atoms with Crippen molar-refractivity contribution in [1.82, 2.24) is 15.2 Å². The number of nitrogens with zero attached hydrogens (tertiary/aromatic N) is 4. The Balaban J connectivity index is 2.08. The second kappa shape index (κ2) is 7.83. The van der Waals surface area contributed by atoms with Crippen LogP contribution in [0, 0.1) is 0 Å². The quantitative estimate of drug-likeness (QED) is 0.619. The Kier molecular flexibility index (Phi) is 5.81. The summed E-state index contributed by atoms with van der Waals surface area (Å²) in [4.78, 5) is 14.1. The molecule has 1 aromatic heterocycles. The number of carbonyl (C=O) groups is 1. The van der Waals surface area contributed by atoms with E-state index in [1.54, 1.807) is 19.2 Å². The zero-order valence-corrected chi connectivity index (χ0v) is 14.6. The van der Waals surface area contributed by atoms with Crippen LogP contribution in [0.3, 0.4) is 0 Å². The number of aromatic hydroxyl groups is 1. The maximum atomic E-state index is 12.0. The highest BCUT2D eigenvalue weighted by molar-refractivity contribution is 6.33. The Hall–Kier alpha value is -2.54. The Morgan fingerprint density at radius 3 is 2.71 bits per heavy atom. The Bertz CT molecular complexity index is 733. The number of hydrogen-bond acceptors (Lipinski definition) is 5. The summed E-state index contributed by atoms with van der Waals surface area (Å²) in [6.45, 7) is 5.81. The second-order valence-electron chi connectivity index (χ2n) is 5.08. The largest absolute Gasteiger partial charge is 0.507 e. The summed E-state index contributed by atoms with van der Waals surface area (Å²) in [6.07, 6.45) is 2.77. The third-order valence-electron chi connectivity index (χ3n) is 3.62. The van der Waals surface area contributed by atoms with E-state index in [1.165, 1.54) is 17.1 Å². The van der Waals surface area contributed by atoms with Crippen LogP contribution in [0.1, 0.15) is 29.9 Å². The molecule has 0 saturated heterocycles. The van der Waals surface area contributed by atoms with Crippen LogP contribution in [0.15, 0.2) is 29.5 Å². The second-order valence-corrected chi connectivity index (χ2v) is 5.49. The number of hydrazone groups is 1. The van der Waals surface area contributed by atoms with E-state index in [0.29, 0.717) is 5.56 Å². The van der Waals surface area contributed by atoms with E-state index in [2.05, 4.69) is 34.4 Å². The molecule has 2 rings (SSSR count). The zero-order valence-electron chi connectivity index (χ0n) is 13.8. The summed E-state index contributed by atoms with van der Waals surface area (Å²) in [5, 5.41) is 18.1. The molecule has 2 N–H and O–H groups in total. The predicted octanol–water partition coefficient (Wildman–Crippen LogP) is 2.39. The maximum Gasteiger partial charge on any atom is 0.291 e. The number of aromatic nitrogens is 2. The number of nitrogens with one attached hydrogen (secondary N) is 1. The molecule has 0 unspecified atom stereocenters. The number of benzene rings is 1. The summed E-state index contributed by atoms with van der Waals surface area (Å²) >= 11 is 5.89. The summed E-state index contributed by atoms with van der Waals surface area (Å²) in [7, 11) is 1.61. The number of amides is 1. The first-order valence-electron chi connectivity index (χ1n) is 7.56. The van der Waals surface area contributed by atoms with Crippen molar-refractivity contribution in [2.45, 2.75) is 13.8 Å². The fraction of sp³-hybridized carbons (Fsp3) is 0.312. The molecule has 0 atom stereocenters. The van der Waals surface area contributed by atoms with Gasteiger partial charge in [0, 0.05) is 37.5 Å². The van der Waals surface area contributed by atoms with Crippen molar-refractivity contribution in [1.29, 1.82) is 0 Å². The lowest BCUT2D eigenvalue weighted by Gasteiger charge is -2.21. The molecule has 7 nitrogen and oxygen atoms in total. The van der Waals surface area contributed by atoms with Crippen LogP contribution >= 0.6 is 11.6 Å². The predicted molar refractivity (Wildman–Crippen MR) is 94.9 cm³/mol. The van der Waals surface area contributed by atoms with Gasteiger partial charge in [-0.05, 0) is 26.0 Å². The molecule has 0 aliphatic heterocycles. The van der Waals surface area contributed by atoms with E-state index in [-0.39, 0.29) is 16.5 Å². The lowest BCUT2D eigenvalue weighted by atomic mass is 10.2. The van der Waals surface area contributed by atoms with Crippen molar-refractivity contribution >= 4 is 29.4 Å². The van der Waals surface area contributed by atoms with Gasteiger partial charge in [0.25, 0.3) is 5.91 Å². The molecule has 1 heterocycles. The number of phenolic OH excluding ortho intramolecular Hbond substituents is 1. The average Bonchev–Trinajstić information content (AvgIpc) is 2.89. The van der Waals surface area contributed by atoms with Gasteiger partial charge in [-0.15, -0.1) is 0 Å². The molecule has 2 aromatic rings. The molecule has 1 aromatic carbocycles. The van der Waals surface area contributed by atoms with Crippen LogP contribution < -0.4 is 10.3 Å². The van der Waals surface area contributed by atoms with Crippen molar-refractivity contribution in [3.05, 3.63) is 40.7 Å². The van der Waals surface area contributed by atoms with E-state index >= 15 is 0 Å². The molecule has 24 heavy (non-hydrogen) atoms. The number of carbonyl (C=O) groups excluding carboxylic acids is 1. The zero-order chi connectivity index (χ0) is 17.7. The minimum absolute atomic E-state index is 0.0935. The number of hydrogen-bond donors (Lipinski definition) is 2.